The van der Waals surface area contributed by atoms with Crippen LogP contribution in [0.4, 0.5) is 5.69 Å². The zero-order valence-electron chi connectivity index (χ0n) is 13.9. The number of hydrogen-bond donors (Lipinski definition) is 0. The molecule has 0 aromatic carbocycles. The maximum atomic E-state index is 12.3. The molecule has 116 valence electrons. The minimum Gasteiger partial charge on any atom is -0.310 e. The lowest BCUT2D eigenvalue weighted by Crippen LogP contribution is -2.35. The molecule has 1 saturated heterocycles. The molecule has 1 amide bonds. The van der Waals surface area contributed by atoms with Crippen molar-refractivity contribution in [2.45, 2.75) is 52.5 Å². The van der Waals surface area contributed by atoms with Crippen molar-refractivity contribution in [3.05, 3.63) is 24.0 Å². The summed E-state index contributed by atoms with van der Waals surface area (Å²) in [5.41, 5.74) is 2.01. The van der Waals surface area contributed by atoms with Crippen LogP contribution in [0.5, 0.6) is 0 Å². The molecule has 1 aromatic heterocycles. The van der Waals surface area contributed by atoms with E-state index in [9.17, 15) is 4.79 Å². The van der Waals surface area contributed by atoms with Gasteiger partial charge in [-0.1, -0.05) is 20.8 Å². The van der Waals surface area contributed by atoms with Gasteiger partial charge in [0.05, 0.1) is 11.9 Å². The number of pyridine rings is 1. The van der Waals surface area contributed by atoms with Crippen molar-refractivity contribution >= 4 is 11.6 Å². The third-order valence-corrected chi connectivity index (χ3v) is 4.08. The molecule has 4 heteroatoms. The summed E-state index contributed by atoms with van der Waals surface area (Å²) in [6.07, 6.45) is 2.42. The Bertz CT molecular complexity index is 488. The van der Waals surface area contributed by atoms with Gasteiger partial charge in [-0.15, -0.1) is 0 Å². The van der Waals surface area contributed by atoms with Crippen LogP contribution in [0.1, 0.15) is 46.7 Å². The van der Waals surface area contributed by atoms with Crippen LogP contribution in [0, 0.1) is 0 Å². The maximum absolute atomic E-state index is 12.3. The van der Waals surface area contributed by atoms with Gasteiger partial charge >= 0.3 is 0 Å². The standard InChI is InChI=1S/C17H27N3O/c1-13(2)19-9-8-16(21)20(11-10-19)14-6-7-15(18-12-14)17(3,4)5/h6-7,12-13H,8-11H2,1-5H3. The molecular formula is C17H27N3O. The molecule has 0 bridgehead atoms. The van der Waals surface area contributed by atoms with Gasteiger partial charge in [-0.25, -0.2) is 0 Å². The Morgan fingerprint density at radius 2 is 1.86 bits per heavy atom. The van der Waals surface area contributed by atoms with E-state index >= 15 is 0 Å². The van der Waals surface area contributed by atoms with Gasteiger partial charge < -0.3 is 4.90 Å². The van der Waals surface area contributed by atoms with Gasteiger partial charge in [0.2, 0.25) is 5.91 Å². The lowest BCUT2D eigenvalue weighted by atomic mass is 9.92. The van der Waals surface area contributed by atoms with Crippen LogP contribution in [-0.4, -0.2) is 41.5 Å². The first-order chi connectivity index (χ1) is 9.79. The summed E-state index contributed by atoms with van der Waals surface area (Å²) in [6, 6.07) is 4.55. The van der Waals surface area contributed by atoms with Crippen LogP contribution >= 0.6 is 0 Å². The molecule has 1 aliphatic heterocycles. The molecule has 21 heavy (non-hydrogen) atoms. The summed E-state index contributed by atoms with van der Waals surface area (Å²) in [6.45, 7) is 13.3. The highest BCUT2D eigenvalue weighted by atomic mass is 16.2. The first kappa shape index (κ1) is 16.0. The molecule has 1 aromatic rings. The fraction of sp³-hybridized carbons (Fsp3) is 0.647. The number of carbonyl (C=O) groups excluding carboxylic acids is 1. The van der Waals surface area contributed by atoms with Crippen LogP contribution in [0.25, 0.3) is 0 Å². The predicted molar refractivity (Wildman–Crippen MR) is 86.6 cm³/mol. The van der Waals surface area contributed by atoms with E-state index in [1.807, 2.05) is 23.2 Å². The second-order valence-corrected chi connectivity index (χ2v) is 7.08. The molecule has 0 spiro atoms. The SMILES string of the molecule is CC(C)N1CCC(=O)N(c2ccc(C(C)(C)C)nc2)CC1. The minimum absolute atomic E-state index is 0.0375. The summed E-state index contributed by atoms with van der Waals surface area (Å²) >= 11 is 0. The Kier molecular flexibility index (Phi) is 4.67. The van der Waals surface area contributed by atoms with Crippen LogP contribution in [0.3, 0.4) is 0 Å². The molecule has 4 nitrogen and oxygen atoms in total. The molecule has 1 fully saturated rings. The topological polar surface area (TPSA) is 36.4 Å². The van der Waals surface area contributed by atoms with Gasteiger partial charge in [-0.3, -0.25) is 14.7 Å². The fourth-order valence-electron chi connectivity index (χ4n) is 2.62. The summed E-state index contributed by atoms with van der Waals surface area (Å²) in [5.74, 6) is 0.198. The Hall–Kier alpha value is -1.42. The van der Waals surface area contributed by atoms with Crippen molar-refractivity contribution in [1.29, 1.82) is 0 Å². The van der Waals surface area contributed by atoms with Gasteiger partial charge in [-0.05, 0) is 26.0 Å². The molecule has 0 atom stereocenters. The highest BCUT2D eigenvalue weighted by Gasteiger charge is 2.24. The van der Waals surface area contributed by atoms with Gasteiger partial charge in [0.15, 0.2) is 0 Å². The van der Waals surface area contributed by atoms with E-state index in [1.165, 1.54) is 0 Å². The average molecular weight is 289 g/mol. The zero-order valence-corrected chi connectivity index (χ0v) is 13.9. The van der Waals surface area contributed by atoms with Gasteiger partial charge in [0.25, 0.3) is 0 Å². The Labute approximate surface area is 128 Å². The van der Waals surface area contributed by atoms with Crippen LogP contribution in [0.15, 0.2) is 18.3 Å². The van der Waals surface area contributed by atoms with Crippen molar-refractivity contribution in [3.8, 4) is 0 Å². The van der Waals surface area contributed by atoms with Crippen molar-refractivity contribution in [3.63, 3.8) is 0 Å². The van der Waals surface area contributed by atoms with Crippen LogP contribution < -0.4 is 4.90 Å². The van der Waals surface area contributed by atoms with E-state index in [2.05, 4.69) is 44.5 Å². The smallest absolute Gasteiger partial charge is 0.228 e. The van der Waals surface area contributed by atoms with E-state index in [0.29, 0.717) is 12.5 Å². The number of amides is 1. The van der Waals surface area contributed by atoms with Crippen molar-refractivity contribution < 1.29 is 4.79 Å². The Morgan fingerprint density at radius 1 is 1.14 bits per heavy atom. The van der Waals surface area contributed by atoms with Crippen molar-refractivity contribution in [2.75, 3.05) is 24.5 Å². The third kappa shape index (κ3) is 3.82. The molecule has 0 N–H and O–H groups in total. The molecule has 0 unspecified atom stereocenters. The largest absolute Gasteiger partial charge is 0.310 e. The van der Waals surface area contributed by atoms with E-state index in [0.717, 1.165) is 31.0 Å². The Morgan fingerprint density at radius 3 is 2.38 bits per heavy atom. The second-order valence-electron chi connectivity index (χ2n) is 7.08. The van der Waals surface area contributed by atoms with Gasteiger partial charge in [0.1, 0.15) is 0 Å². The molecule has 0 radical (unpaired) electrons. The van der Waals surface area contributed by atoms with Crippen LogP contribution in [0.2, 0.25) is 0 Å². The normalized spacial score (nSPS) is 18.2. The average Bonchev–Trinajstić information content (AvgIpc) is 2.60. The summed E-state index contributed by atoms with van der Waals surface area (Å²) in [7, 11) is 0. The monoisotopic (exact) mass is 289 g/mol. The summed E-state index contributed by atoms with van der Waals surface area (Å²) < 4.78 is 0. The first-order valence-electron chi connectivity index (χ1n) is 7.80. The number of carbonyl (C=O) groups is 1. The number of rotatable bonds is 2. The van der Waals surface area contributed by atoms with E-state index in [-0.39, 0.29) is 11.3 Å². The molecule has 0 saturated carbocycles. The molecule has 1 aliphatic rings. The predicted octanol–water partition coefficient (Wildman–Crippen LogP) is 2.83. The van der Waals surface area contributed by atoms with Crippen molar-refractivity contribution in [1.82, 2.24) is 9.88 Å². The fourth-order valence-corrected chi connectivity index (χ4v) is 2.62. The lowest BCUT2D eigenvalue weighted by Gasteiger charge is -2.25. The number of hydrogen-bond acceptors (Lipinski definition) is 3. The number of nitrogens with zero attached hydrogens (tertiary/aromatic N) is 3. The van der Waals surface area contributed by atoms with Gasteiger partial charge in [0, 0.05) is 43.2 Å². The highest BCUT2D eigenvalue weighted by Crippen LogP contribution is 2.23. The molecule has 2 rings (SSSR count). The van der Waals surface area contributed by atoms with E-state index in [1.54, 1.807) is 0 Å². The molecular weight excluding hydrogens is 262 g/mol. The second kappa shape index (κ2) is 6.14. The van der Waals surface area contributed by atoms with Gasteiger partial charge in [-0.2, -0.15) is 0 Å². The van der Waals surface area contributed by atoms with E-state index < -0.39 is 0 Å². The third-order valence-electron chi connectivity index (χ3n) is 4.08. The van der Waals surface area contributed by atoms with E-state index in [4.69, 9.17) is 0 Å². The summed E-state index contributed by atoms with van der Waals surface area (Å²) in [5, 5.41) is 0. The van der Waals surface area contributed by atoms with Crippen molar-refractivity contribution in [2.24, 2.45) is 0 Å². The number of anilines is 1. The Balaban J connectivity index is 2.15. The lowest BCUT2D eigenvalue weighted by molar-refractivity contribution is -0.118. The first-order valence-corrected chi connectivity index (χ1v) is 7.80. The maximum Gasteiger partial charge on any atom is 0.228 e. The minimum atomic E-state index is 0.0375. The molecule has 2 heterocycles. The highest BCUT2D eigenvalue weighted by molar-refractivity contribution is 5.93. The zero-order chi connectivity index (χ0) is 15.6. The quantitative estimate of drug-likeness (QED) is 0.840. The number of aromatic nitrogens is 1. The molecule has 0 aliphatic carbocycles. The van der Waals surface area contributed by atoms with Crippen LogP contribution in [-0.2, 0) is 10.2 Å². The summed E-state index contributed by atoms with van der Waals surface area (Å²) in [4.78, 5) is 21.1.